The van der Waals surface area contributed by atoms with Crippen LogP contribution in [-0.2, 0) is 11.2 Å². The highest BCUT2D eigenvalue weighted by molar-refractivity contribution is 7.13. The van der Waals surface area contributed by atoms with E-state index in [1.54, 1.807) is 23.3 Å². The van der Waals surface area contributed by atoms with Gasteiger partial charge in [0.25, 0.3) is 0 Å². The minimum atomic E-state index is 0.0388. The Morgan fingerprint density at radius 1 is 1.09 bits per heavy atom. The van der Waals surface area contributed by atoms with Crippen LogP contribution in [0.3, 0.4) is 0 Å². The number of likely N-dealkylation sites (N-methyl/N-ethyl adjacent to an activating group) is 1. The van der Waals surface area contributed by atoms with Gasteiger partial charge in [-0.25, -0.2) is 4.98 Å². The van der Waals surface area contributed by atoms with Gasteiger partial charge in [0.15, 0.2) is 0 Å². The summed E-state index contributed by atoms with van der Waals surface area (Å²) in [4.78, 5) is 18.7. The molecule has 0 aliphatic carbocycles. The molecule has 3 nitrogen and oxygen atoms in total. The third kappa shape index (κ3) is 3.66. The molecule has 0 atom stereocenters. The zero-order valence-corrected chi connectivity index (χ0v) is 14.0. The molecule has 3 rings (SSSR count). The van der Waals surface area contributed by atoms with E-state index in [9.17, 15) is 4.79 Å². The number of nitrogens with zero attached hydrogens (tertiary/aromatic N) is 2. The molecule has 1 heterocycles. The maximum atomic E-state index is 12.4. The first-order valence-corrected chi connectivity index (χ1v) is 8.34. The lowest BCUT2D eigenvalue weighted by Gasteiger charge is -2.16. The first kappa shape index (κ1) is 15.4. The lowest BCUT2D eigenvalue weighted by Crippen LogP contribution is -2.27. The van der Waals surface area contributed by atoms with Crippen LogP contribution in [-0.4, -0.2) is 17.9 Å². The first-order valence-electron chi connectivity index (χ1n) is 7.46. The molecule has 2 aromatic carbocycles. The highest BCUT2D eigenvalue weighted by Gasteiger charge is 2.14. The Balaban J connectivity index is 1.71. The molecule has 4 heteroatoms. The first-order chi connectivity index (χ1) is 11.1. The molecule has 0 saturated carbocycles. The fraction of sp³-hybridized carbons (Fsp3) is 0.158. The summed E-state index contributed by atoms with van der Waals surface area (Å²) < 4.78 is 0. The van der Waals surface area contributed by atoms with Gasteiger partial charge in [-0.3, -0.25) is 4.79 Å². The highest BCUT2D eigenvalue weighted by Crippen LogP contribution is 2.24. The summed E-state index contributed by atoms with van der Waals surface area (Å²) in [6.45, 7) is 2.06. The van der Waals surface area contributed by atoms with Gasteiger partial charge in [0.05, 0.1) is 12.1 Å². The Morgan fingerprint density at radius 2 is 1.78 bits per heavy atom. The zero-order valence-electron chi connectivity index (χ0n) is 13.2. The molecule has 0 bridgehead atoms. The summed E-state index contributed by atoms with van der Waals surface area (Å²) in [5.74, 6) is 0.0388. The van der Waals surface area contributed by atoms with Gasteiger partial charge in [-0.05, 0) is 19.1 Å². The van der Waals surface area contributed by atoms with Crippen LogP contribution in [0, 0.1) is 6.92 Å². The molecule has 23 heavy (non-hydrogen) atoms. The predicted octanol–water partition coefficient (Wildman–Crippen LogP) is 4.32. The summed E-state index contributed by atoms with van der Waals surface area (Å²) in [7, 11) is 1.80. The Labute approximate surface area is 140 Å². The third-order valence-corrected chi connectivity index (χ3v) is 4.64. The fourth-order valence-corrected chi connectivity index (χ4v) is 3.11. The van der Waals surface area contributed by atoms with Crippen LogP contribution in [0.25, 0.3) is 10.6 Å². The average Bonchev–Trinajstić information content (AvgIpc) is 3.04. The maximum Gasteiger partial charge on any atom is 0.232 e. The molecule has 0 aliphatic heterocycles. The molecule has 0 saturated heterocycles. The molecule has 3 aromatic rings. The Morgan fingerprint density at radius 3 is 2.48 bits per heavy atom. The maximum absolute atomic E-state index is 12.4. The van der Waals surface area contributed by atoms with Crippen molar-refractivity contribution in [3.63, 3.8) is 0 Å². The summed E-state index contributed by atoms with van der Waals surface area (Å²) >= 11 is 1.58. The van der Waals surface area contributed by atoms with E-state index in [4.69, 9.17) is 0 Å². The number of benzene rings is 2. The number of hydrogen-bond donors (Lipinski definition) is 0. The van der Waals surface area contributed by atoms with E-state index in [0.29, 0.717) is 6.42 Å². The largest absolute Gasteiger partial charge is 0.315 e. The monoisotopic (exact) mass is 322 g/mol. The predicted molar refractivity (Wildman–Crippen MR) is 95.8 cm³/mol. The van der Waals surface area contributed by atoms with Crippen molar-refractivity contribution >= 4 is 22.9 Å². The zero-order chi connectivity index (χ0) is 16.2. The second-order valence-electron chi connectivity index (χ2n) is 5.48. The molecule has 1 aromatic heterocycles. The second kappa shape index (κ2) is 6.75. The number of amides is 1. The van der Waals surface area contributed by atoms with Crippen LogP contribution < -0.4 is 4.90 Å². The number of anilines is 1. The Bertz CT molecular complexity index is 794. The SMILES string of the molecule is Cc1ccc(-c2nc(CC(=O)N(C)c3ccccc3)cs2)cc1. The summed E-state index contributed by atoms with van der Waals surface area (Å²) in [6.07, 6.45) is 0.313. The standard InChI is InChI=1S/C19H18N2OS/c1-14-8-10-15(11-9-14)19-20-16(13-23-19)12-18(22)21(2)17-6-4-3-5-7-17/h3-11,13H,12H2,1-2H3. The number of thiazole rings is 1. The van der Waals surface area contributed by atoms with Crippen molar-refractivity contribution in [2.45, 2.75) is 13.3 Å². The van der Waals surface area contributed by atoms with Gasteiger partial charge in [0.1, 0.15) is 5.01 Å². The van der Waals surface area contributed by atoms with Gasteiger partial charge in [-0.15, -0.1) is 11.3 Å². The number of aryl methyl sites for hydroxylation is 1. The van der Waals surface area contributed by atoms with Gasteiger partial charge < -0.3 is 4.90 Å². The second-order valence-corrected chi connectivity index (χ2v) is 6.33. The van der Waals surface area contributed by atoms with Crippen LogP contribution in [0.4, 0.5) is 5.69 Å². The van der Waals surface area contributed by atoms with Crippen molar-refractivity contribution in [3.05, 3.63) is 71.2 Å². The van der Waals surface area contributed by atoms with Crippen molar-refractivity contribution in [2.75, 3.05) is 11.9 Å². The smallest absolute Gasteiger partial charge is 0.232 e. The van der Waals surface area contributed by atoms with Crippen molar-refractivity contribution in [1.29, 1.82) is 0 Å². The van der Waals surface area contributed by atoms with Gasteiger partial charge in [-0.1, -0.05) is 48.0 Å². The number of para-hydroxylation sites is 1. The molecular weight excluding hydrogens is 304 g/mol. The van der Waals surface area contributed by atoms with Crippen LogP contribution in [0.2, 0.25) is 0 Å². The molecular formula is C19H18N2OS. The van der Waals surface area contributed by atoms with Gasteiger partial charge in [0.2, 0.25) is 5.91 Å². The van der Waals surface area contributed by atoms with Gasteiger partial charge >= 0.3 is 0 Å². The number of rotatable bonds is 4. The molecule has 0 fully saturated rings. The van der Waals surface area contributed by atoms with Crippen LogP contribution >= 0.6 is 11.3 Å². The number of carbonyl (C=O) groups excluding carboxylic acids is 1. The topological polar surface area (TPSA) is 33.2 Å². The molecule has 0 spiro atoms. The number of hydrogen-bond acceptors (Lipinski definition) is 3. The van der Waals surface area contributed by atoms with Gasteiger partial charge in [-0.2, -0.15) is 0 Å². The molecule has 0 unspecified atom stereocenters. The minimum absolute atomic E-state index is 0.0388. The van der Waals surface area contributed by atoms with Crippen LogP contribution in [0.15, 0.2) is 60.0 Å². The van der Waals surface area contributed by atoms with E-state index >= 15 is 0 Å². The fourth-order valence-electron chi connectivity index (χ4n) is 2.29. The highest BCUT2D eigenvalue weighted by atomic mass is 32.1. The Kier molecular flexibility index (Phi) is 4.53. The van der Waals surface area contributed by atoms with E-state index in [2.05, 4.69) is 36.2 Å². The molecule has 0 aliphatic rings. The molecule has 116 valence electrons. The van der Waals surface area contributed by atoms with Crippen molar-refractivity contribution in [2.24, 2.45) is 0 Å². The summed E-state index contributed by atoms with van der Waals surface area (Å²) in [6, 6.07) is 17.9. The molecule has 1 amide bonds. The average molecular weight is 322 g/mol. The van der Waals surface area contributed by atoms with E-state index in [0.717, 1.165) is 22.0 Å². The number of carbonyl (C=O) groups is 1. The Hall–Kier alpha value is -2.46. The van der Waals surface area contributed by atoms with Crippen molar-refractivity contribution in [3.8, 4) is 10.6 Å². The molecule has 0 radical (unpaired) electrons. The van der Waals surface area contributed by atoms with Crippen molar-refractivity contribution < 1.29 is 4.79 Å². The van der Waals surface area contributed by atoms with E-state index in [-0.39, 0.29) is 5.91 Å². The van der Waals surface area contributed by atoms with E-state index < -0.39 is 0 Å². The molecule has 0 N–H and O–H groups in total. The normalized spacial score (nSPS) is 10.5. The van der Waals surface area contributed by atoms with Gasteiger partial charge in [0, 0.05) is 23.7 Å². The van der Waals surface area contributed by atoms with Crippen LogP contribution in [0.5, 0.6) is 0 Å². The lowest BCUT2D eigenvalue weighted by molar-refractivity contribution is -0.117. The number of aromatic nitrogens is 1. The van der Waals surface area contributed by atoms with Crippen LogP contribution in [0.1, 0.15) is 11.3 Å². The summed E-state index contributed by atoms with van der Waals surface area (Å²) in [5.41, 5.74) is 4.03. The van der Waals surface area contributed by atoms with E-state index in [1.807, 2.05) is 35.7 Å². The van der Waals surface area contributed by atoms with E-state index in [1.165, 1.54) is 5.56 Å². The summed E-state index contributed by atoms with van der Waals surface area (Å²) in [5, 5.41) is 2.92. The third-order valence-electron chi connectivity index (χ3n) is 3.70. The lowest BCUT2D eigenvalue weighted by atomic mass is 10.2. The quantitative estimate of drug-likeness (QED) is 0.716. The van der Waals surface area contributed by atoms with Crippen molar-refractivity contribution in [1.82, 2.24) is 4.98 Å². The minimum Gasteiger partial charge on any atom is -0.315 e.